The van der Waals surface area contributed by atoms with Crippen LogP contribution >= 0.6 is 11.8 Å². The summed E-state index contributed by atoms with van der Waals surface area (Å²) in [6.07, 6.45) is -11.3. The summed E-state index contributed by atoms with van der Waals surface area (Å²) in [5.41, 5.74) is 0.142. The fourth-order valence-electron chi connectivity index (χ4n) is 8.23. The third-order valence-electron chi connectivity index (χ3n) is 11.9. The molecule has 2 heterocycles. The zero-order valence-corrected chi connectivity index (χ0v) is 40.6. The van der Waals surface area contributed by atoms with E-state index in [9.17, 15) is 28.8 Å². The molecule has 0 aromatic heterocycles. The first kappa shape index (κ1) is 51.7. The van der Waals surface area contributed by atoms with Crippen molar-refractivity contribution in [2.45, 2.75) is 68.3 Å². The molecule has 10 atom stereocenters. The minimum atomic E-state index is -1.51. The fourth-order valence-corrected chi connectivity index (χ4v) is 9.18. The number of thioether (sulfide) groups is 1. The Labute approximate surface area is 425 Å². The van der Waals surface area contributed by atoms with E-state index in [-0.39, 0.29) is 33.4 Å². The first-order valence-electron chi connectivity index (χ1n) is 23.6. The Kier molecular flexibility index (Phi) is 17.8. The molecule has 0 saturated carbocycles. The van der Waals surface area contributed by atoms with Crippen molar-refractivity contribution in [3.63, 3.8) is 0 Å². The summed E-state index contributed by atoms with van der Waals surface area (Å²) in [4.78, 5) is 83.5. The van der Waals surface area contributed by atoms with Crippen molar-refractivity contribution in [3.8, 4) is 0 Å². The molecule has 6 aromatic carbocycles. The van der Waals surface area contributed by atoms with E-state index in [1.54, 1.807) is 189 Å². The molecule has 0 radical (unpaired) electrons. The van der Waals surface area contributed by atoms with E-state index in [1.165, 1.54) is 11.8 Å². The number of rotatable bonds is 18. The van der Waals surface area contributed by atoms with Crippen molar-refractivity contribution in [1.29, 1.82) is 0 Å². The maximum atomic E-state index is 14.3. The van der Waals surface area contributed by atoms with Crippen LogP contribution in [0.1, 0.15) is 76.0 Å². The molecule has 0 spiro atoms. The molecule has 2 aliphatic heterocycles. The molecule has 6 aromatic rings. The second kappa shape index (κ2) is 25.2. The van der Waals surface area contributed by atoms with Gasteiger partial charge in [-0.15, -0.1) is 11.8 Å². The van der Waals surface area contributed by atoms with Gasteiger partial charge in [0.2, 0.25) is 0 Å². The van der Waals surface area contributed by atoms with Crippen LogP contribution in [0.15, 0.2) is 182 Å². The molecular weight excluding hydrogens is 957 g/mol. The van der Waals surface area contributed by atoms with Gasteiger partial charge in [0.1, 0.15) is 43.1 Å². The van der Waals surface area contributed by atoms with Crippen molar-refractivity contribution >= 4 is 47.6 Å². The predicted molar refractivity (Wildman–Crippen MR) is 266 cm³/mol. The van der Waals surface area contributed by atoms with Gasteiger partial charge in [0, 0.05) is 5.92 Å². The molecular formula is C57H52O15S. The molecule has 15 nitrogen and oxygen atoms in total. The summed E-state index contributed by atoms with van der Waals surface area (Å²) in [6, 6.07) is 49.1. The summed E-state index contributed by atoms with van der Waals surface area (Å²) in [7, 11) is 0. The number of esters is 6. The maximum absolute atomic E-state index is 14.3. The Bertz CT molecular complexity index is 2770. The van der Waals surface area contributed by atoms with Crippen molar-refractivity contribution in [1.82, 2.24) is 0 Å². The lowest BCUT2D eigenvalue weighted by atomic mass is 9.91. The van der Waals surface area contributed by atoms with Crippen LogP contribution in [0, 0.1) is 5.92 Å². The fraction of sp³-hybridized carbons (Fsp3) is 0.263. The molecule has 376 valence electrons. The Morgan fingerprint density at radius 1 is 0.397 bits per heavy atom. The van der Waals surface area contributed by atoms with Crippen LogP contribution in [-0.2, 0) is 42.6 Å². The highest BCUT2D eigenvalue weighted by Gasteiger charge is 2.56. The SMILES string of the molecule is CCSC1OC(COC(=O)c2ccccc2)C(OC2OC(COC(=O)c3ccccc3)C(OC(=O)c3ccccc3)C(OC(=O)c3ccccc3)C2C)C(OC(=O)c2ccccc2)C1OC(=O)c1ccccc1. The van der Waals surface area contributed by atoms with E-state index in [1.807, 2.05) is 6.92 Å². The van der Waals surface area contributed by atoms with E-state index in [4.69, 9.17) is 42.6 Å². The molecule has 73 heavy (non-hydrogen) atoms. The van der Waals surface area contributed by atoms with E-state index in [2.05, 4.69) is 0 Å². The molecule has 2 fully saturated rings. The minimum Gasteiger partial charge on any atom is -0.459 e. The first-order chi connectivity index (χ1) is 35.6. The third-order valence-corrected chi connectivity index (χ3v) is 13.0. The number of carbonyl (C=O) groups is 6. The molecule has 2 saturated heterocycles. The molecule has 0 N–H and O–H groups in total. The van der Waals surface area contributed by atoms with Gasteiger partial charge in [-0.1, -0.05) is 123 Å². The van der Waals surface area contributed by atoms with Crippen molar-refractivity contribution in [2.75, 3.05) is 19.0 Å². The number of ether oxygens (including phenoxy) is 9. The van der Waals surface area contributed by atoms with Crippen LogP contribution < -0.4 is 0 Å². The minimum absolute atomic E-state index is 0.158. The summed E-state index contributed by atoms with van der Waals surface area (Å²) in [6.45, 7) is 2.47. The molecule has 0 aliphatic carbocycles. The Hall–Kier alpha value is -7.63. The second-order valence-electron chi connectivity index (χ2n) is 16.9. The van der Waals surface area contributed by atoms with Gasteiger partial charge in [-0.2, -0.15) is 0 Å². The van der Waals surface area contributed by atoms with Gasteiger partial charge < -0.3 is 42.6 Å². The summed E-state index contributed by atoms with van der Waals surface area (Å²) in [5.74, 6) is -5.19. The monoisotopic (exact) mass is 1010 g/mol. The van der Waals surface area contributed by atoms with Gasteiger partial charge in [0.25, 0.3) is 0 Å². The largest absolute Gasteiger partial charge is 0.459 e. The van der Waals surface area contributed by atoms with Crippen molar-refractivity contribution < 1.29 is 71.4 Å². The van der Waals surface area contributed by atoms with E-state index < -0.39 is 109 Å². The molecule has 0 amide bonds. The summed E-state index contributed by atoms with van der Waals surface area (Å²) < 4.78 is 57.2. The lowest BCUT2D eigenvalue weighted by Gasteiger charge is -2.49. The topological polar surface area (TPSA) is 185 Å². The first-order valence-corrected chi connectivity index (χ1v) is 24.7. The highest BCUT2D eigenvalue weighted by atomic mass is 32.2. The van der Waals surface area contributed by atoms with Gasteiger partial charge in [0.15, 0.2) is 24.6 Å². The Morgan fingerprint density at radius 3 is 1.08 bits per heavy atom. The van der Waals surface area contributed by atoms with E-state index in [0.717, 1.165) is 0 Å². The predicted octanol–water partition coefficient (Wildman–Crippen LogP) is 8.83. The standard InChI is InChI=1S/C57H52O15S/c1-3-73-57-49(71-55(63)42-32-20-9-21-33-42)48(70-54(62)41-30-18-8-19-31-41)47(44(67-57)35-65-51(59)38-24-12-5-13-25-38)72-56-36(2)45(68-52(60)39-26-14-6-15-27-39)46(69-53(61)40-28-16-7-17-29-40)43(66-56)34-64-50(58)37-22-10-4-11-23-37/h4-33,36,43-49,56-57H,3,34-35H2,1-2H3. The van der Waals surface area contributed by atoms with Gasteiger partial charge in [-0.05, 0) is 78.5 Å². The normalized spacial score (nSPS) is 23.4. The third kappa shape index (κ3) is 13.3. The lowest BCUT2D eigenvalue weighted by Crippen LogP contribution is -2.64. The molecule has 0 bridgehead atoms. The van der Waals surface area contributed by atoms with Gasteiger partial charge in [-0.3, -0.25) is 0 Å². The quantitative estimate of drug-likeness (QED) is 0.0587. The molecule has 8 rings (SSSR count). The van der Waals surface area contributed by atoms with Gasteiger partial charge >= 0.3 is 35.8 Å². The van der Waals surface area contributed by atoms with Crippen molar-refractivity contribution in [2.24, 2.45) is 5.92 Å². The number of carbonyl (C=O) groups excluding carboxylic acids is 6. The van der Waals surface area contributed by atoms with Gasteiger partial charge in [0.05, 0.1) is 33.4 Å². The summed E-state index contributed by atoms with van der Waals surface area (Å²) >= 11 is 1.25. The lowest BCUT2D eigenvalue weighted by molar-refractivity contribution is -0.324. The number of hydrogen-bond acceptors (Lipinski definition) is 16. The van der Waals surface area contributed by atoms with Gasteiger partial charge in [-0.25, -0.2) is 28.8 Å². The van der Waals surface area contributed by atoms with E-state index in [0.29, 0.717) is 5.75 Å². The molecule has 2 aliphatic rings. The number of benzene rings is 6. The van der Waals surface area contributed by atoms with E-state index >= 15 is 0 Å². The van der Waals surface area contributed by atoms with Crippen molar-refractivity contribution in [3.05, 3.63) is 215 Å². The molecule has 16 heteroatoms. The zero-order chi connectivity index (χ0) is 51.1. The van der Waals surface area contributed by atoms with Crippen LogP contribution in [0.5, 0.6) is 0 Å². The smallest absolute Gasteiger partial charge is 0.338 e. The average Bonchev–Trinajstić information content (AvgIpc) is 3.44. The van der Waals surface area contributed by atoms with Crippen LogP contribution in [0.3, 0.4) is 0 Å². The number of hydrogen-bond donors (Lipinski definition) is 0. The average molecular weight is 1010 g/mol. The zero-order valence-electron chi connectivity index (χ0n) is 39.7. The highest BCUT2D eigenvalue weighted by Crippen LogP contribution is 2.39. The maximum Gasteiger partial charge on any atom is 0.338 e. The Balaban J connectivity index is 1.21. The molecule has 10 unspecified atom stereocenters. The van der Waals surface area contributed by atoms with Crippen LogP contribution in [0.25, 0.3) is 0 Å². The summed E-state index contributed by atoms with van der Waals surface area (Å²) in [5, 5.41) is 0. The Morgan fingerprint density at radius 2 is 0.712 bits per heavy atom. The second-order valence-corrected chi connectivity index (χ2v) is 18.2. The van der Waals surface area contributed by atoms with Crippen LogP contribution in [0.2, 0.25) is 0 Å². The van der Waals surface area contributed by atoms with Crippen LogP contribution in [-0.4, -0.2) is 109 Å². The highest BCUT2D eigenvalue weighted by molar-refractivity contribution is 7.99. The van der Waals surface area contributed by atoms with Crippen LogP contribution in [0.4, 0.5) is 0 Å².